The Kier molecular flexibility index (Phi) is 4.95. The summed E-state index contributed by atoms with van der Waals surface area (Å²) in [5, 5.41) is 2.47. The second-order valence-electron chi connectivity index (χ2n) is 3.27. The number of ether oxygens (including phenoxy) is 1. The Morgan fingerprint density at radius 3 is 2.31 bits per heavy atom. The summed E-state index contributed by atoms with van der Waals surface area (Å²) in [4.78, 5) is 0. The molecule has 0 spiro atoms. The maximum absolute atomic E-state index is 5.12. The molecule has 2 aromatic carbocycles. The van der Waals surface area contributed by atoms with Gasteiger partial charge in [0.1, 0.15) is 5.75 Å². The molecule has 1 heteroatoms. The highest BCUT2D eigenvalue weighted by molar-refractivity contribution is 5.83. The zero-order chi connectivity index (χ0) is 11.8. The lowest BCUT2D eigenvalue weighted by molar-refractivity contribution is 0.415. The fourth-order valence-electron chi connectivity index (χ4n) is 1.29. The van der Waals surface area contributed by atoms with Gasteiger partial charge in [0, 0.05) is 6.42 Å². The summed E-state index contributed by atoms with van der Waals surface area (Å²) in [7, 11) is 1.68. The second kappa shape index (κ2) is 6.53. The summed E-state index contributed by atoms with van der Waals surface area (Å²) in [6.07, 6.45) is 5.62. The molecule has 0 aliphatic carbocycles. The zero-order valence-corrected chi connectivity index (χ0v) is 9.73. The van der Waals surface area contributed by atoms with Crippen molar-refractivity contribution in [1.29, 1.82) is 0 Å². The van der Waals surface area contributed by atoms with E-state index in [1.165, 1.54) is 10.8 Å². The molecule has 0 fully saturated rings. The lowest BCUT2D eigenvalue weighted by Crippen LogP contribution is -1.81. The SMILES string of the molecule is C#CCC.COc1ccc2ccccc2c1. The summed E-state index contributed by atoms with van der Waals surface area (Å²) >= 11 is 0. The number of hydrogen-bond acceptors (Lipinski definition) is 1. The van der Waals surface area contributed by atoms with Gasteiger partial charge < -0.3 is 4.74 Å². The molecule has 0 unspecified atom stereocenters. The van der Waals surface area contributed by atoms with Gasteiger partial charge in [0.25, 0.3) is 0 Å². The maximum Gasteiger partial charge on any atom is 0.119 e. The van der Waals surface area contributed by atoms with Gasteiger partial charge in [-0.2, -0.15) is 0 Å². The molecule has 0 saturated carbocycles. The number of fused-ring (bicyclic) bond motifs is 1. The molecule has 0 N–H and O–H groups in total. The van der Waals surface area contributed by atoms with Crippen molar-refractivity contribution >= 4 is 10.8 Å². The molecular weight excluding hydrogens is 196 g/mol. The normalized spacial score (nSPS) is 8.81. The van der Waals surface area contributed by atoms with Gasteiger partial charge >= 0.3 is 0 Å². The van der Waals surface area contributed by atoms with Crippen molar-refractivity contribution in [2.45, 2.75) is 13.3 Å². The fourth-order valence-corrected chi connectivity index (χ4v) is 1.29. The third-order valence-electron chi connectivity index (χ3n) is 2.16. The van der Waals surface area contributed by atoms with Crippen molar-refractivity contribution in [3.63, 3.8) is 0 Å². The van der Waals surface area contributed by atoms with Crippen molar-refractivity contribution in [2.75, 3.05) is 7.11 Å². The fraction of sp³-hybridized carbons (Fsp3) is 0.200. The standard InChI is InChI=1S/C11H10O.C4H6/c1-12-11-7-6-9-4-2-3-5-10(9)8-11;1-3-4-2/h2-8H,1H3;1H,4H2,2H3. The van der Waals surface area contributed by atoms with Crippen LogP contribution < -0.4 is 4.74 Å². The van der Waals surface area contributed by atoms with E-state index in [1.807, 2.05) is 31.2 Å². The van der Waals surface area contributed by atoms with Crippen molar-refractivity contribution in [1.82, 2.24) is 0 Å². The zero-order valence-electron chi connectivity index (χ0n) is 9.73. The molecule has 0 amide bonds. The van der Waals surface area contributed by atoms with Gasteiger partial charge in [0.15, 0.2) is 0 Å². The van der Waals surface area contributed by atoms with E-state index in [-0.39, 0.29) is 0 Å². The molecule has 2 aromatic rings. The van der Waals surface area contributed by atoms with Gasteiger partial charge in [-0.1, -0.05) is 37.3 Å². The van der Waals surface area contributed by atoms with E-state index < -0.39 is 0 Å². The van der Waals surface area contributed by atoms with Crippen LogP contribution in [0.3, 0.4) is 0 Å². The number of terminal acetylenes is 1. The first kappa shape index (κ1) is 12.1. The lowest BCUT2D eigenvalue weighted by Gasteiger charge is -2.00. The van der Waals surface area contributed by atoms with E-state index >= 15 is 0 Å². The van der Waals surface area contributed by atoms with Gasteiger partial charge in [-0.15, -0.1) is 12.3 Å². The topological polar surface area (TPSA) is 9.23 Å². The Morgan fingerprint density at radius 1 is 1.12 bits per heavy atom. The average molecular weight is 212 g/mol. The number of rotatable bonds is 1. The van der Waals surface area contributed by atoms with Crippen molar-refractivity contribution in [2.24, 2.45) is 0 Å². The first-order chi connectivity index (χ1) is 7.81. The molecule has 0 saturated heterocycles. The third kappa shape index (κ3) is 3.33. The highest BCUT2D eigenvalue weighted by Gasteiger charge is 1.93. The van der Waals surface area contributed by atoms with Gasteiger partial charge in [0.2, 0.25) is 0 Å². The number of hydrogen-bond donors (Lipinski definition) is 0. The van der Waals surface area contributed by atoms with E-state index in [2.05, 4.69) is 24.1 Å². The maximum atomic E-state index is 5.12. The van der Waals surface area contributed by atoms with Gasteiger partial charge in [-0.3, -0.25) is 0 Å². The third-order valence-corrected chi connectivity index (χ3v) is 2.16. The average Bonchev–Trinajstić information content (AvgIpc) is 2.38. The predicted molar refractivity (Wildman–Crippen MR) is 69.6 cm³/mol. The summed E-state index contributed by atoms with van der Waals surface area (Å²) in [5.74, 6) is 3.34. The Hall–Kier alpha value is -1.94. The molecular formula is C15H16O. The lowest BCUT2D eigenvalue weighted by atomic mass is 10.1. The van der Waals surface area contributed by atoms with E-state index in [0.717, 1.165) is 12.2 Å². The summed E-state index contributed by atoms with van der Waals surface area (Å²) in [6, 6.07) is 14.3. The number of methoxy groups -OCH3 is 1. The molecule has 0 aliphatic rings. The monoisotopic (exact) mass is 212 g/mol. The Labute approximate surface area is 97.1 Å². The minimum atomic E-state index is 0.847. The molecule has 82 valence electrons. The highest BCUT2D eigenvalue weighted by Crippen LogP contribution is 2.19. The second-order valence-corrected chi connectivity index (χ2v) is 3.27. The van der Waals surface area contributed by atoms with Crippen LogP contribution in [0.1, 0.15) is 13.3 Å². The molecule has 2 rings (SSSR count). The number of benzene rings is 2. The summed E-state index contributed by atoms with van der Waals surface area (Å²) < 4.78 is 5.12. The van der Waals surface area contributed by atoms with E-state index in [9.17, 15) is 0 Å². The van der Waals surface area contributed by atoms with E-state index in [0.29, 0.717) is 0 Å². The summed E-state index contributed by atoms with van der Waals surface area (Å²) in [6.45, 7) is 1.94. The van der Waals surface area contributed by atoms with Crippen LogP contribution in [0.25, 0.3) is 10.8 Å². The molecule has 0 aromatic heterocycles. The van der Waals surface area contributed by atoms with Crippen molar-refractivity contribution in [3.8, 4) is 18.1 Å². The van der Waals surface area contributed by atoms with Gasteiger partial charge in [0.05, 0.1) is 7.11 Å². The molecule has 0 bridgehead atoms. The molecule has 0 radical (unpaired) electrons. The quantitative estimate of drug-likeness (QED) is 0.652. The first-order valence-electron chi connectivity index (χ1n) is 5.28. The van der Waals surface area contributed by atoms with Crippen LogP contribution in [0.4, 0.5) is 0 Å². The highest BCUT2D eigenvalue weighted by atomic mass is 16.5. The van der Waals surface area contributed by atoms with Gasteiger partial charge in [-0.05, 0) is 22.9 Å². The predicted octanol–water partition coefficient (Wildman–Crippen LogP) is 3.88. The largest absolute Gasteiger partial charge is 0.497 e. The van der Waals surface area contributed by atoms with Gasteiger partial charge in [-0.25, -0.2) is 0 Å². The molecule has 1 nitrogen and oxygen atoms in total. The van der Waals surface area contributed by atoms with Crippen LogP contribution in [0.15, 0.2) is 42.5 Å². The van der Waals surface area contributed by atoms with E-state index in [1.54, 1.807) is 7.11 Å². The van der Waals surface area contributed by atoms with Crippen LogP contribution in [-0.4, -0.2) is 7.11 Å². The Morgan fingerprint density at radius 2 is 1.75 bits per heavy atom. The van der Waals surface area contributed by atoms with E-state index in [4.69, 9.17) is 11.2 Å². The van der Waals surface area contributed by atoms with Crippen molar-refractivity contribution < 1.29 is 4.74 Å². The van der Waals surface area contributed by atoms with Crippen LogP contribution in [-0.2, 0) is 0 Å². The van der Waals surface area contributed by atoms with Crippen LogP contribution in [0.5, 0.6) is 5.75 Å². The Bertz CT molecular complexity index is 480. The minimum absolute atomic E-state index is 0.847. The summed E-state index contributed by atoms with van der Waals surface area (Å²) in [5.41, 5.74) is 0. The first-order valence-corrected chi connectivity index (χ1v) is 5.28. The van der Waals surface area contributed by atoms with Crippen LogP contribution in [0.2, 0.25) is 0 Å². The minimum Gasteiger partial charge on any atom is -0.497 e. The molecule has 0 heterocycles. The molecule has 0 atom stereocenters. The van der Waals surface area contributed by atoms with Crippen LogP contribution >= 0.6 is 0 Å². The molecule has 16 heavy (non-hydrogen) atoms. The Balaban J connectivity index is 0.000000280. The van der Waals surface area contributed by atoms with Crippen molar-refractivity contribution in [3.05, 3.63) is 42.5 Å². The smallest absolute Gasteiger partial charge is 0.119 e. The van der Waals surface area contributed by atoms with Crippen LogP contribution in [0, 0.1) is 12.3 Å². The molecule has 0 aliphatic heterocycles.